The predicted molar refractivity (Wildman–Crippen MR) is 137 cm³/mol. The van der Waals surface area contributed by atoms with Crippen LogP contribution in [0, 0.1) is 0 Å². The summed E-state index contributed by atoms with van der Waals surface area (Å²) in [6, 6.07) is 18.0. The second-order valence-corrected chi connectivity index (χ2v) is 8.29. The van der Waals surface area contributed by atoms with E-state index < -0.39 is 0 Å². The minimum Gasteiger partial charge on any atom is -0.0795 e. The van der Waals surface area contributed by atoms with Crippen molar-refractivity contribution in [1.82, 2.24) is 0 Å². The third kappa shape index (κ3) is 5.63. The van der Waals surface area contributed by atoms with Gasteiger partial charge in [-0.25, -0.2) is 0 Å². The van der Waals surface area contributed by atoms with Gasteiger partial charge in [-0.15, -0.1) is 0 Å². The third-order valence-electron chi connectivity index (χ3n) is 5.00. The lowest BCUT2D eigenvalue weighted by atomic mass is 9.79. The number of allylic oxidation sites excluding steroid dienone is 1. The van der Waals surface area contributed by atoms with E-state index in [9.17, 15) is 0 Å². The molecule has 2 aliphatic carbocycles. The zero-order chi connectivity index (χ0) is 21.9. The molecule has 0 amide bonds. The van der Waals surface area contributed by atoms with Gasteiger partial charge in [0.05, 0.1) is 0 Å². The first-order valence-corrected chi connectivity index (χ1v) is 11.9. The van der Waals surface area contributed by atoms with Crippen molar-refractivity contribution < 1.29 is 0 Å². The maximum absolute atomic E-state index is 2.42. The lowest BCUT2D eigenvalue weighted by molar-refractivity contribution is 0.982. The van der Waals surface area contributed by atoms with Crippen LogP contribution in [0.25, 0.3) is 16.8 Å². The van der Waals surface area contributed by atoms with Crippen molar-refractivity contribution in [3.05, 3.63) is 88.0 Å². The average Bonchev–Trinajstić information content (AvgIpc) is 2.75. The highest BCUT2D eigenvalue weighted by Gasteiger charge is 2.21. The maximum Gasteiger partial charge on any atom is -0.00170 e. The quantitative estimate of drug-likeness (QED) is 0.276. The van der Waals surface area contributed by atoms with Crippen LogP contribution in [0.4, 0.5) is 0 Å². The van der Waals surface area contributed by atoms with Crippen molar-refractivity contribution in [3.63, 3.8) is 0 Å². The van der Waals surface area contributed by atoms with Gasteiger partial charge in [0.2, 0.25) is 0 Å². The highest BCUT2D eigenvalue weighted by atomic mass is 14.3. The fraction of sp³-hybridized carbons (Fsp3) is 0.400. The minimum absolute atomic E-state index is 1.08. The second kappa shape index (κ2) is 12.4. The Morgan fingerprint density at radius 2 is 1.23 bits per heavy atom. The largest absolute Gasteiger partial charge is 0.0795 e. The van der Waals surface area contributed by atoms with E-state index in [1.54, 1.807) is 11.1 Å². The molecule has 3 aromatic carbocycles. The zero-order valence-corrected chi connectivity index (χ0v) is 20.0. The van der Waals surface area contributed by atoms with Crippen molar-refractivity contribution in [3.8, 4) is 0 Å². The molecule has 160 valence electrons. The monoisotopic (exact) mass is 400 g/mol. The van der Waals surface area contributed by atoms with E-state index in [-0.39, 0.29) is 0 Å². The van der Waals surface area contributed by atoms with E-state index in [2.05, 4.69) is 102 Å². The van der Waals surface area contributed by atoms with Crippen LogP contribution in [0.5, 0.6) is 0 Å². The van der Waals surface area contributed by atoms with Gasteiger partial charge in [-0.3, -0.25) is 0 Å². The summed E-state index contributed by atoms with van der Waals surface area (Å²) in [6.07, 6.45) is 11.6. The van der Waals surface area contributed by atoms with Crippen LogP contribution in [-0.4, -0.2) is 0 Å². The first kappa shape index (κ1) is 23.9. The molecule has 2 aliphatic rings. The van der Waals surface area contributed by atoms with Crippen LogP contribution < -0.4 is 0 Å². The molecule has 0 fully saturated rings. The Morgan fingerprint density at radius 3 is 1.87 bits per heavy atom. The fourth-order valence-electron chi connectivity index (χ4n) is 4.02. The van der Waals surface area contributed by atoms with Gasteiger partial charge in [0.15, 0.2) is 0 Å². The molecular weight excluding hydrogens is 360 g/mol. The molecule has 0 heteroatoms. The van der Waals surface area contributed by atoms with Crippen LogP contribution in [-0.2, 0) is 19.3 Å². The van der Waals surface area contributed by atoms with Gasteiger partial charge in [0, 0.05) is 0 Å². The number of hydrogen-bond acceptors (Lipinski definition) is 0. The molecule has 0 aliphatic heterocycles. The van der Waals surface area contributed by atoms with E-state index in [0.29, 0.717) is 0 Å². The summed E-state index contributed by atoms with van der Waals surface area (Å²) in [5.74, 6) is 0. The molecule has 0 heterocycles. The molecule has 0 N–H and O–H groups in total. The van der Waals surface area contributed by atoms with Crippen molar-refractivity contribution >= 4 is 16.8 Å². The highest BCUT2D eigenvalue weighted by Crippen LogP contribution is 2.37. The van der Waals surface area contributed by atoms with Gasteiger partial charge in [-0.2, -0.15) is 0 Å². The standard InChI is InChI=1S/C21H16.3C3H8/c1-2-6-16-13-20-18(11-15(16)5-1)12-17-9-3-7-14-8-4-10-19(20)21(14)17;3*1-3-2/h1-9,12H,10-11,13H2;3*3H2,1-2H3. The first-order chi connectivity index (χ1) is 14.6. The normalized spacial score (nSPS) is 12.2. The molecule has 0 bridgehead atoms. The van der Waals surface area contributed by atoms with Gasteiger partial charge in [0.25, 0.3) is 0 Å². The molecule has 30 heavy (non-hydrogen) atoms. The summed E-state index contributed by atoms with van der Waals surface area (Å²) in [5, 5.41) is 2.89. The summed E-state index contributed by atoms with van der Waals surface area (Å²) < 4.78 is 0. The van der Waals surface area contributed by atoms with Gasteiger partial charge < -0.3 is 0 Å². The van der Waals surface area contributed by atoms with Gasteiger partial charge in [-0.1, -0.05) is 121 Å². The van der Waals surface area contributed by atoms with Crippen molar-refractivity contribution in [2.45, 2.75) is 80.1 Å². The minimum atomic E-state index is 1.08. The summed E-state index contributed by atoms with van der Waals surface area (Å²) in [7, 11) is 0. The first-order valence-electron chi connectivity index (χ1n) is 11.9. The third-order valence-corrected chi connectivity index (χ3v) is 5.00. The van der Waals surface area contributed by atoms with Gasteiger partial charge >= 0.3 is 0 Å². The zero-order valence-electron chi connectivity index (χ0n) is 20.0. The molecule has 0 nitrogen and oxygen atoms in total. The smallest absolute Gasteiger partial charge is 0.00170 e. The summed E-state index contributed by atoms with van der Waals surface area (Å²) in [4.78, 5) is 0. The molecule has 3 aromatic rings. The topological polar surface area (TPSA) is 0 Å². The number of benzene rings is 3. The number of rotatable bonds is 0. The molecule has 5 rings (SSSR count). The predicted octanol–water partition coefficient (Wildman–Crippen LogP) is 9.15. The SMILES string of the molecule is C1=Cc2cccc3cc4c(c(c23)C1)Cc1ccccc1C4.CCC.CCC.CCC. The number of fused-ring (bicyclic) bond motifs is 3. The van der Waals surface area contributed by atoms with Crippen molar-refractivity contribution in [1.29, 1.82) is 0 Å². The Morgan fingerprint density at radius 1 is 0.633 bits per heavy atom. The fourth-order valence-corrected chi connectivity index (χ4v) is 4.02. The second-order valence-electron chi connectivity index (χ2n) is 8.29. The number of hydrogen-bond donors (Lipinski definition) is 0. The Hall–Kier alpha value is -2.34. The highest BCUT2D eigenvalue weighted by molar-refractivity contribution is 5.96. The molecule has 0 saturated heterocycles. The van der Waals surface area contributed by atoms with E-state index in [0.717, 1.165) is 19.3 Å². The Kier molecular flexibility index (Phi) is 9.87. The average molecular weight is 401 g/mol. The van der Waals surface area contributed by atoms with Crippen molar-refractivity contribution in [2.75, 3.05) is 0 Å². The Labute approximate surface area is 185 Å². The molecule has 0 saturated carbocycles. The van der Waals surface area contributed by atoms with E-state index in [1.807, 2.05) is 0 Å². The van der Waals surface area contributed by atoms with Gasteiger partial charge in [-0.05, 0) is 63.4 Å². The molecule has 0 atom stereocenters. The van der Waals surface area contributed by atoms with Crippen LogP contribution >= 0.6 is 0 Å². The van der Waals surface area contributed by atoms with Crippen LogP contribution in [0.1, 0.15) is 94.2 Å². The summed E-state index contributed by atoms with van der Waals surface area (Å²) >= 11 is 0. The van der Waals surface area contributed by atoms with Crippen LogP contribution in [0.3, 0.4) is 0 Å². The van der Waals surface area contributed by atoms with Crippen molar-refractivity contribution in [2.24, 2.45) is 0 Å². The van der Waals surface area contributed by atoms with E-state index >= 15 is 0 Å². The van der Waals surface area contributed by atoms with Gasteiger partial charge in [0.1, 0.15) is 0 Å². The Balaban J connectivity index is 0.000000310. The molecule has 0 spiro atoms. The lowest BCUT2D eigenvalue weighted by Crippen LogP contribution is -2.11. The molecule has 0 unspecified atom stereocenters. The van der Waals surface area contributed by atoms with Crippen LogP contribution in [0.2, 0.25) is 0 Å². The molecular formula is C30H40. The molecule has 0 aromatic heterocycles. The summed E-state index contributed by atoms with van der Waals surface area (Å²) in [5.41, 5.74) is 9.07. The maximum atomic E-state index is 2.42. The van der Waals surface area contributed by atoms with E-state index in [4.69, 9.17) is 0 Å². The van der Waals surface area contributed by atoms with E-state index in [1.165, 1.54) is 52.3 Å². The summed E-state index contributed by atoms with van der Waals surface area (Å²) in [6.45, 7) is 12.8. The Bertz CT molecular complexity index is 954. The lowest BCUT2D eigenvalue weighted by Gasteiger charge is -2.25. The molecule has 0 radical (unpaired) electrons. The van der Waals surface area contributed by atoms with Crippen LogP contribution in [0.15, 0.2) is 54.6 Å².